The third-order valence-electron chi connectivity index (χ3n) is 3.42. The molecular formula is C15H18Cl2FN3OS. The van der Waals surface area contributed by atoms with E-state index in [1.807, 2.05) is 20.8 Å². The molecule has 0 radical (unpaired) electrons. The Morgan fingerprint density at radius 3 is 2.35 bits per heavy atom. The molecule has 1 aromatic heterocycles. The van der Waals surface area contributed by atoms with Gasteiger partial charge in [-0.15, -0.1) is 0 Å². The zero-order valence-corrected chi connectivity index (χ0v) is 15.4. The quantitative estimate of drug-likeness (QED) is 0.728. The Morgan fingerprint density at radius 1 is 1.17 bits per heavy atom. The molecule has 1 N–H and O–H groups in total. The van der Waals surface area contributed by atoms with E-state index in [0.717, 1.165) is 5.75 Å². The van der Waals surface area contributed by atoms with Crippen LogP contribution in [-0.4, -0.2) is 15.1 Å². The Morgan fingerprint density at radius 2 is 1.83 bits per heavy atom. The number of hydrogen-bond acceptors (Lipinski definition) is 3. The van der Waals surface area contributed by atoms with Crippen LogP contribution in [0.25, 0.3) is 11.1 Å². The Hall–Kier alpha value is -1.11. The van der Waals surface area contributed by atoms with Gasteiger partial charge >= 0.3 is 0 Å². The molecule has 0 unspecified atom stereocenters. The lowest BCUT2D eigenvalue weighted by Gasteiger charge is -2.10. The average molecular weight is 378 g/mol. The van der Waals surface area contributed by atoms with Crippen LogP contribution in [0.1, 0.15) is 20.8 Å². The summed E-state index contributed by atoms with van der Waals surface area (Å²) in [5.74, 6) is 0.246. The van der Waals surface area contributed by atoms with Gasteiger partial charge in [0, 0.05) is 24.4 Å². The van der Waals surface area contributed by atoms with E-state index < -0.39 is 5.82 Å². The molecule has 0 aliphatic heterocycles. The molecule has 0 amide bonds. The van der Waals surface area contributed by atoms with Crippen LogP contribution in [-0.2, 0) is 13.1 Å². The fraction of sp³-hybridized carbons (Fsp3) is 0.400. The largest absolute Gasteiger partial charge is 0.328 e. The van der Waals surface area contributed by atoms with Gasteiger partial charge in [-0.3, -0.25) is 9.48 Å². The molecule has 2 rings (SSSR count). The van der Waals surface area contributed by atoms with Gasteiger partial charge in [0.25, 0.3) is 5.56 Å². The SMILES string of the molecule is CCSNc1cc(-c2c(Cl)n(CC)n(CC)c2=O)c(F)cc1Cl. The first-order valence-electron chi connectivity index (χ1n) is 7.32. The van der Waals surface area contributed by atoms with Crippen molar-refractivity contribution < 1.29 is 4.39 Å². The van der Waals surface area contributed by atoms with E-state index in [1.54, 1.807) is 4.68 Å². The highest BCUT2D eigenvalue weighted by Gasteiger charge is 2.22. The lowest BCUT2D eigenvalue weighted by Crippen LogP contribution is -2.22. The highest BCUT2D eigenvalue weighted by Crippen LogP contribution is 2.34. The molecule has 0 bridgehead atoms. The van der Waals surface area contributed by atoms with Crippen molar-refractivity contribution in [2.75, 3.05) is 10.5 Å². The highest BCUT2D eigenvalue weighted by molar-refractivity contribution is 8.00. The minimum atomic E-state index is -0.572. The Labute approximate surface area is 148 Å². The predicted molar refractivity (Wildman–Crippen MR) is 97.2 cm³/mol. The van der Waals surface area contributed by atoms with Gasteiger partial charge in [0.15, 0.2) is 0 Å². The molecule has 4 nitrogen and oxygen atoms in total. The fourth-order valence-corrected chi connectivity index (χ4v) is 3.50. The zero-order valence-electron chi connectivity index (χ0n) is 13.1. The summed E-state index contributed by atoms with van der Waals surface area (Å²) < 4.78 is 20.6. The summed E-state index contributed by atoms with van der Waals surface area (Å²) in [5.41, 5.74) is 0.555. The molecule has 1 aromatic carbocycles. The Balaban J connectivity index is 2.67. The molecule has 0 spiro atoms. The van der Waals surface area contributed by atoms with E-state index in [0.29, 0.717) is 18.8 Å². The van der Waals surface area contributed by atoms with Gasteiger partial charge in [-0.25, -0.2) is 9.07 Å². The molecule has 0 aliphatic rings. The monoisotopic (exact) mass is 377 g/mol. The van der Waals surface area contributed by atoms with Gasteiger partial charge in [-0.1, -0.05) is 42.1 Å². The van der Waals surface area contributed by atoms with Gasteiger partial charge in [0.05, 0.1) is 16.3 Å². The van der Waals surface area contributed by atoms with E-state index in [1.165, 1.54) is 28.8 Å². The molecule has 23 heavy (non-hydrogen) atoms. The summed E-state index contributed by atoms with van der Waals surface area (Å²) >= 11 is 13.8. The van der Waals surface area contributed by atoms with Crippen LogP contribution < -0.4 is 10.3 Å². The first-order valence-corrected chi connectivity index (χ1v) is 9.06. The molecule has 0 atom stereocenters. The number of anilines is 1. The standard InChI is InChI=1S/C15H18Cl2FN3OS/c1-4-20-14(17)13(15(22)21(20)5-2)9-7-12(19-23-6-3)10(16)8-11(9)18/h7-8,19H,4-6H2,1-3H3. The van der Waals surface area contributed by atoms with Crippen molar-refractivity contribution in [2.45, 2.75) is 33.9 Å². The summed E-state index contributed by atoms with van der Waals surface area (Å²) in [7, 11) is 0. The van der Waals surface area contributed by atoms with Crippen LogP contribution in [0.5, 0.6) is 0 Å². The topological polar surface area (TPSA) is 39.0 Å². The molecule has 0 fully saturated rings. The van der Waals surface area contributed by atoms with E-state index >= 15 is 0 Å². The van der Waals surface area contributed by atoms with Gasteiger partial charge in [0.1, 0.15) is 11.0 Å². The van der Waals surface area contributed by atoms with Crippen molar-refractivity contribution in [1.29, 1.82) is 0 Å². The maximum Gasteiger partial charge on any atom is 0.276 e. The summed E-state index contributed by atoms with van der Waals surface area (Å²) in [4.78, 5) is 12.6. The van der Waals surface area contributed by atoms with Crippen molar-refractivity contribution in [3.63, 3.8) is 0 Å². The summed E-state index contributed by atoms with van der Waals surface area (Å²) in [6.07, 6.45) is 0. The second-order valence-electron chi connectivity index (χ2n) is 4.75. The Bertz CT molecular complexity index is 773. The maximum atomic E-state index is 14.4. The van der Waals surface area contributed by atoms with Gasteiger partial charge < -0.3 is 4.72 Å². The van der Waals surface area contributed by atoms with Crippen LogP contribution in [0.3, 0.4) is 0 Å². The summed E-state index contributed by atoms with van der Waals surface area (Å²) in [6.45, 7) is 6.68. The maximum absolute atomic E-state index is 14.4. The first-order chi connectivity index (χ1) is 11.0. The van der Waals surface area contributed by atoms with E-state index in [-0.39, 0.29) is 26.9 Å². The minimum absolute atomic E-state index is 0.151. The van der Waals surface area contributed by atoms with Crippen LogP contribution in [0.15, 0.2) is 16.9 Å². The van der Waals surface area contributed by atoms with Crippen LogP contribution in [0, 0.1) is 5.82 Å². The number of aromatic nitrogens is 2. The van der Waals surface area contributed by atoms with Crippen molar-refractivity contribution in [1.82, 2.24) is 9.36 Å². The number of nitrogens with one attached hydrogen (secondary N) is 1. The number of benzene rings is 1. The van der Waals surface area contributed by atoms with E-state index in [4.69, 9.17) is 23.2 Å². The molecule has 2 aromatic rings. The van der Waals surface area contributed by atoms with Gasteiger partial charge in [-0.2, -0.15) is 0 Å². The second-order valence-corrected chi connectivity index (χ2v) is 6.58. The van der Waals surface area contributed by atoms with Crippen LogP contribution >= 0.6 is 35.1 Å². The van der Waals surface area contributed by atoms with E-state index in [9.17, 15) is 9.18 Å². The third kappa shape index (κ3) is 3.39. The second kappa shape index (κ2) is 7.64. The summed E-state index contributed by atoms with van der Waals surface area (Å²) in [6, 6.07) is 2.73. The molecule has 1 heterocycles. The predicted octanol–water partition coefficient (Wildman–Crippen LogP) is 4.88. The molecule has 0 saturated heterocycles. The number of hydrogen-bond donors (Lipinski definition) is 1. The number of halogens is 3. The fourth-order valence-electron chi connectivity index (χ4n) is 2.38. The molecule has 126 valence electrons. The van der Waals surface area contributed by atoms with E-state index in [2.05, 4.69) is 4.72 Å². The minimum Gasteiger partial charge on any atom is -0.328 e. The van der Waals surface area contributed by atoms with Gasteiger partial charge in [-0.05, 0) is 26.0 Å². The molecular weight excluding hydrogens is 360 g/mol. The average Bonchev–Trinajstić information content (AvgIpc) is 2.76. The lowest BCUT2D eigenvalue weighted by atomic mass is 10.1. The highest BCUT2D eigenvalue weighted by atomic mass is 35.5. The zero-order chi connectivity index (χ0) is 17.1. The number of nitrogens with zero attached hydrogens (tertiary/aromatic N) is 2. The molecule has 8 heteroatoms. The van der Waals surface area contributed by atoms with Gasteiger partial charge in [0.2, 0.25) is 0 Å². The number of rotatable bonds is 6. The normalized spacial score (nSPS) is 11.0. The molecule has 0 saturated carbocycles. The third-order valence-corrected chi connectivity index (χ3v) is 4.77. The van der Waals surface area contributed by atoms with Crippen molar-refractivity contribution in [3.8, 4) is 11.1 Å². The lowest BCUT2D eigenvalue weighted by molar-refractivity contribution is 0.477. The summed E-state index contributed by atoms with van der Waals surface area (Å²) in [5, 5.41) is 0.490. The van der Waals surface area contributed by atoms with Crippen molar-refractivity contribution in [3.05, 3.63) is 38.5 Å². The Kier molecular flexibility index (Phi) is 6.06. The smallest absolute Gasteiger partial charge is 0.276 e. The molecule has 0 aliphatic carbocycles. The van der Waals surface area contributed by atoms with Crippen molar-refractivity contribution in [2.24, 2.45) is 0 Å². The van der Waals surface area contributed by atoms with Crippen LogP contribution in [0.2, 0.25) is 10.2 Å². The van der Waals surface area contributed by atoms with Crippen molar-refractivity contribution >= 4 is 40.8 Å². The first kappa shape index (κ1) is 18.2. The van der Waals surface area contributed by atoms with Crippen LogP contribution in [0.4, 0.5) is 10.1 Å².